The van der Waals surface area contributed by atoms with Gasteiger partial charge in [-0.15, -0.1) is 0 Å². The number of ether oxygens (including phenoxy) is 2. The Bertz CT molecular complexity index is 951. The lowest BCUT2D eigenvalue weighted by Gasteiger charge is -2.27. The summed E-state index contributed by atoms with van der Waals surface area (Å²) in [6.45, 7) is 7.26. The zero-order valence-corrected chi connectivity index (χ0v) is 25.5. The zero-order chi connectivity index (χ0) is 27.7. The minimum atomic E-state index is 0.686. The first kappa shape index (κ1) is 31.9. The molecule has 0 radical (unpaired) electrons. The summed E-state index contributed by atoms with van der Waals surface area (Å²) in [5.74, 6) is 2.82. The van der Waals surface area contributed by atoms with Crippen LogP contribution in [-0.2, 0) is 22.7 Å². The molecule has 0 unspecified atom stereocenters. The Kier molecular flexibility index (Phi) is 15.3. The van der Waals surface area contributed by atoms with Crippen molar-refractivity contribution >= 4 is 23.2 Å². The third-order valence-electron chi connectivity index (χ3n) is 8.23. The van der Waals surface area contributed by atoms with Crippen LogP contribution in [0.25, 0.3) is 0 Å². The third kappa shape index (κ3) is 11.4. The van der Waals surface area contributed by atoms with Gasteiger partial charge in [0, 0.05) is 24.3 Å². The van der Waals surface area contributed by atoms with Crippen LogP contribution in [0.3, 0.4) is 0 Å². The van der Waals surface area contributed by atoms with Gasteiger partial charge < -0.3 is 9.47 Å². The summed E-state index contributed by atoms with van der Waals surface area (Å²) in [5, 5.41) is 0. The molecule has 0 saturated heterocycles. The highest BCUT2D eigenvalue weighted by Gasteiger charge is 2.21. The first-order valence-corrected chi connectivity index (χ1v) is 15.9. The van der Waals surface area contributed by atoms with E-state index in [1.807, 2.05) is 6.92 Å². The highest BCUT2D eigenvalue weighted by atomic mass is 35.5. The van der Waals surface area contributed by atoms with Crippen molar-refractivity contribution in [2.75, 3.05) is 13.2 Å². The van der Waals surface area contributed by atoms with E-state index in [9.17, 15) is 0 Å². The second-order valence-corrected chi connectivity index (χ2v) is 11.5. The molecule has 39 heavy (non-hydrogen) atoms. The summed E-state index contributed by atoms with van der Waals surface area (Å²) in [7, 11) is 0. The van der Waals surface area contributed by atoms with Crippen LogP contribution in [0.1, 0.15) is 106 Å². The summed E-state index contributed by atoms with van der Waals surface area (Å²) >= 11 is 11.3. The van der Waals surface area contributed by atoms with Crippen molar-refractivity contribution in [3.05, 3.63) is 94.0 Å². The zero-order valence-electron chi connectivity index (χ0n) is 24.0. The highest BCUT2D eigenvalue weighted by molar-refractivity contribution is 6.25. The predicted molar refractivity (Wildman–Crippen MR) is 168 cm³/mol. The van der Waals surface area contributed by atoms with Gasteiger partial charge in [-0.25, -0.2) is 0 Å². The summed E-state index contributed by atoms with van der Waals surface area (Å²) in [4.78, 5) is 0. The fraction of sp³-hybridized carbons (Fsp3) is 0.543. The van der Waals surface area contributed by atoms with Crippen molar-refractivity contribution in [3.63, 3.8) is 0 Å². The van der Waals surface area contributed by atoms with Crippen molar-refractivity contribution < 1.29 is 9.47 Å². The molecule has 0 aliphatic heterocycles. The maximum absolute atomic E-state index is 5.67. The summed E-state index contributed by atoms with van der Waals surface area (Å²) in [6.07, 6.45) is 15.5. The van der Waals surface area contributed by atoms with E-state index in [1.54, 1.807) is 11.1 Å². The van der Waals surface area contributed by atoms with Crippen LogP contribution in [-0.4, -0.2) is 13.2 Å². The van der Waals surface area contributed by atoms with E-state index in [2.05, 4.69) is 67.6 Å². The Hall–Kier alpha value is -1.58. The molecular weight excluding hydrogens is 523 g/mol. The first-order valence-electron chi connectivity index (χ1n) is 15.0. The third-order valence-corrected chi connectivity index (χ3v) is 8.52. The number of benzene rings is 2. The quantitative estimate of drug-likeness (QED) is 0.250. The van der Waals surface area contributed by atoms with Gasteiger partial charge in [0.1, 0.15) is 0 Å². The van der Waals surface area contributed by atoms with Crippen LogP contribution >= 0.6 is 23.2 Å². The Morgan fingerprint density at radius 3 is 1.38 bits per heavy atom. The Labute approximate surface area is 247 Å². The predicted octanol–water partition coefficient (Wildman–Crippen LogP) is 10.9. The molecule has 2 aromatic rings. The lowest BCUT2D eigenvalue weighted by Crippen LogP contribution is -2.11. The molecule has 4 heteroatoms. The first-order chi connectivity index (χ1) is 19.2. The van der Waals surface area contributed by atoms with E-state index in [0.717, 1.165) is 44.7 Å². The van der Waals surface area contributed by atoms with E-state index in [0.29, 0.717) is 11.8 Å². The average molecular weight is 572 g/mol. The van der Waals surface area contributed by atoms with Crippen LogP contribution in [0.5, 0.6) is 0 Å². The van der Waals surface area contributed by atoms with Gasteiger partial charge in [0.05, 0.1) is 13.2 Å². The fourth-order valence-electron chi connectivity index (χ4n) is 5.82. The molecule has 0 atom stereocenters. The van der Waals surface area contributed by atoms with Crippen LogP contribution in [0.2, 0.25) is 0 Å². The molecule has 2 aliphatic rings. The molecule has 2 saturated carbocycles. The average Bonchev–Trinajstić information content (AvgIpc) is 2.98. The van der Waals surface area contributed by atoms with E-state index in [1.165, 1.54) is 73.6 Å². The molecular formula is C35H48Cl2O2. The van der Waals surface area contributed by atoms with E-state index in [4.69, 9.17) is 32.7 Å². The van der Waals surface area contributed by atoms with Gasteiger partial charge in [-0.05, 0) is 111 Å². The lowest BCUT2D eigenvalue weighted by molar-refractivity contribution is 0.121. The van der Waals surface area contributed by atoms with E-state index >= 15 is 0 Å². The molecule has 0 amide bonds. The van der Waals surface area contributed by atoms with Crippen molar-refractivity contribution in [1.82, 2.24) is 0 Å². The van der Waals surface area contributed by atoms with Crippen molar-refractivity contribution in [3.8, 4) is 0 Å². The number of hydrogen-bond acceptors (Lipinski definition) is 2. The lowest BCUT2D eigenvalue weighted by atomic mass is 9.79. The number of allylic oxidation sites excluding steroid dienone is 2. The van der Waals surface area contributed by atoms with Crippen LogP contribution in [0.15, 0.2) is 71.8 Å². The van der Waals surface area contributed by atoms with Gasteiger partial charge in [0.25, 0.3) is 0 Å². The largest absolute Gasteiger partial charge is 0.377 e. The molecule has 2 aromatic carbocycles. The molecule has 4 rings (SSSR count). The SMILES string of the molecule is CCCOCc1ccc(C2CCC(/C=C/Cl)CC2)cc1.CCOCc1ccc(C2CCC(/C=C/Cl)CC2)cc1. The fourth-order valence-corrected chi connectivity index (χ4v) is 6.23. The molecule has 214 valence electrons. The topological polar surface area (TPSA) is 18.5 Å². The monoisotopic (exact) mass is 570 g/mol. The molecule has 2 nitrogen and oxygen atoms in total. The standard InChI is InChI=1S/C18H25ClO.C17H23ClO/c1-2-13-20-14-16-5-9-18(10-6-16)17-7-3-15(4-8-17)11-12-19;1-2-19-13-15-5-9-17(10-6-15)16-7-3-14(4-8-16)11-12-18/h5-6,9-12,15,17H,2-4,7-8,13-14H2,1H3;5-6,9-12,14,16H,2-4,7-8,13H2,1H3/b2*12-11+. The van der Waals surface area contributed by atoms with Gasteiger partial charge in [0.2, 0.25) is 0 Å². The molecule has 2 aliphatic carbocycles. The van der Waals surface area contributed by atoms with Gasteiger partial charge in [-0.3, -0.25) is 0 Å². The van der Waals surface area contributed by atoms with Gasteiger partial charge in [0.15, 0.2) is 0 Å². The van der Waals surface area contributed by atoms with Crippen LogP contribution in [0.4, 0.5) is 0 Å². The van der Waals surface area contributed by atoms with Crippen molar-refractivity contribution in [2.45, 2.75) is 96.7 Å². The number of rotatable bonds is 11. The maximum Gasteiger partial charge on any atom is 0.0716 e. The van der Waals surface area contributed by atoms with E-state index in [-0.39, 0.29) is 0 Å². The Morgan fingerprint density at radius 1 is 0.615 bits per heavy atom. The Morgan fingerprint density at radius 2 is 1.03 bits per heavy atom. The number of hydrogen-bond donors (Lipinski definition) is 0. The molecule has 0 heterocycles. The van der Waals surface area contributed by atoms with Crippen LogP contribution in [0, 0.1) is 11.8 Å². The smallest absolute Gasteiger partial charge is 0.0716 e. The van der Waals surface area contributed by atoms with E-state index < -0.39 is 0 Å². The normalized spacial score (nSPS) is 23.6. The summed E-state index contributed by atoms with van der Waals surface area (Å²) in [6, 6.07) is 18.0. The number of halogens is 2. The molecule has 2 fully saturated rings. The van der Waals surface area contributed by atoms with Crippen LogP contribution < -0.4 is 0 Å². The molecule has 0 aromatic heterocycles. The minimum absolute atomic E-state index is 0.686. The van der Waals surface area contributed by atoms with Crippen molar-refractivity contribution in [1.29, 1.82) is 0 Å². The maximum atomic E-state index is 5.67. The minimum Gasteiger partial charge on any atom is -0.377 e. The summed E-state index contributed by atoms with van der Waals surface area (Å²) in [5.41, 5.74) is 8.86. The second kappa shape index (κ2) is 18.7. The van der Waals surface area contributed by atoms with Gasteiger partial charge in [-0.1, -0.05) is 90.8 Å². The molecule has 0 bridgehead atoms. The molecule has 0 N–H and O–H groups in total. The Balaban J connectivity index is 0.000000216. The highest BCUT2D eigenvalue weighted by Crippen LogP contribution is 2.37. The summed E-state index contributed by atoms with van der Waals surface area (Å²) < 4.78 is 11.0. The van der Waals surface area contributed by atoms with Gasteiger partial charge in [-0.2, -0.15) is 0 Å². The second-order valence-electron chi connectivity index (χ2n) is 11.0. The molecule has 0 spiro atoms. The van der Waals surface area contributed by atoms with Gasteiger partial charge >= 0.3 is 0 Å². The van der Waals surface area contributed by atoms with Crippen molar-refractivity contribution in [2.24, 2.45) is 11.8 Å².